The Morgan fingerprint density at radius 1 is 1.21 bits per heavy atom. The summed E-state index contributed by atoms with van der Waals surface area (Å²) in [7, 11) is -3.47. The number of nitrogens with zero attached hydrogens (tertiary/aromatic N) is 1. The second kappa shape index (κ2) is 9.40. The van der Waals surface area contributed by atoms with Gasteiger partial charge in [0, 0.05) is 24.3 Å². The topological polar surface area (TPSA) is 92.8 Å². The molecular formula is C23H24ClFN2O5S. The number of ether oxygens (including phenoxy) is 1. The van der Waals surface area contributed by atoms with Crippen molar-refractivity contribution in [2.75, 3.05) is 26.0 Å². The molecule has 0 aliphatic carbocycles. The normalized spacial score (nSPS) is 19.7. The molecule has 7 nitrogen and oxygen atoms in total. The van der Waals surface area contributed by atoms with E-state index in [0.717, 1.165) is 6.26 Å². The first-order valence-electron chi connectivity index (χ1n) is 10.6. The molecule has 0 spiro atoms. The van der Waals surface area contributed by atoms with Crippen LogP contribution in [0, 0.1) is 11.7 Å². The van der Waals surface area contributed by atoms with Gasteiger partial charge in [-0.05, 0) is 48.7 Å². The van der Waals surface area contributed by atoms with Gasteiger partial charge in [-0.15, -0.1) is 0 Å². The van der Waals surface area contributed by atoms with Gasteiger partial charge in [-0.25, -0.2) is 12.8 Å². The molecule has 0 aromatic heterocycles. The third-order valence-corrected chi connectivity index (χ3v) is 7.48. The second-order valence-electron chi connectivity index (χ2n) is 8.41. The third kappa shape index (κ3) is 5.05. The lowest BCUT2D eigenvalue weighted by atomic mass is 9.91. The van der Waals surface area contributed by atoms with Crippen LogP contribution < -0.4 is 5.32 Å². The molecule has 2 fully saturated rings. The summed E-state index contributed by atoms with van der Waals surface area (Å²) in [5.74, 6) is -1.34. The summed E-state index contributed by atoms with van der Waals surface area (Å²) >= 11 is 5.80. The lowest BCUT2D eigenvalue weighted by Crippen LogP contribution is -2.50. The first kappa shape index (κ1) is 23.7. The highest BCUT2D eigenvalue weighted by molar-refractivity contribution is 7.90. The van der Waals surface area contributed by atoms with Crippen LogP contribution in [0.4, 0.5) is 4.39 Å². The average molecular weight is 495 g/mol. The van der Waals surface area contributed by atoms with Gasteiger partial charge in [0.15, 0.2) is 9.84 Å². The molecule has 0 saturated carbocycles. The minimum atomic E-state index is -3.47. The Morgan fingerprint density at radius 3 is 2.61 bits per heavy atom. The molecule has 0 radical (unpaired) electrons. The van der Waals surface area contributed by atoms with E-state index in [1.807, 2.05) is 0 Å². The molecule has 2 aliphatic rings. The van der Waals surface area contributed by atoms with Gasteiger partial charge in [0.25, 0.3) is 5.91 Å². The number of hydrogen-bond acceptors (Lipinski definition) is 5. The molecule has 2 aromatic rings. The number of amides is 2. The number of carbonyl (C=O) groups excluding carboxylic acids is 2. The molecule has 1 unspecified atom stereocenters. The highest BCUT2D eigenvalue weighted by atomic mass is 35.5. The maximum atomic E-state index is 14.1. The number of likely N-dealkylation sites (tertiary alicyclic amines) is 1. The summed E-state index contributed by atoms with van der Waals surface area (Å²) in [5, 5.41) is 2.98. The number of carbonyl (C=O) groups is 2. The standard InChI is InChI=1S/C23H24ClFN2O5S/c1-33(30,31)17-5-2-4-15(10-17)23(29)27-9-3-6-20(27)22(28)26-21(16-12-32-13-16)14-7-8-18(24)19(25)11-14/h2,4-5,7-8,10-11,16,20-21H,3,6,9,12-13H2,1H3,(H,26,28)/t20-,21?/m1/s1. The molecule has 2 aliphatic heterocycles. The summed E-state index contributed by atoms with van der Waals surface area (Å²) in [6.07, 6.45) is 2.20. The molecule has 33 heavy (non-hydrogen) atoms. The number of benzene rings is 2. The van der Waals surface area contributed by atoms with Crippen LogP contribution in [0.2, 0.25) is 5.02 Å². The first-order valence-corrected chi connectivity index (χ1v) is 12.9. The number of rotatable bonds is 6. The largest absolute Gasteiger partial charge is 0.381 e. The number of hydrogen-bond donors (Lipinski definition) is 1. The van der Waals surface area contributed by atoms with Crippen LogP contribution in [0.1, 0.15) is 34.8 Å². The van der Waals surface area contributed by atoms with Gasteiger partial charge in [-0.3, -0.25) is 9.59 Å². The zero-order valence-corrected chi connectivity index (χ0v) is 19.5. The van der Waals surface area contributed by atoms with Gasteiger partial charge in [-0.1, -0.05) is 23.7 Å². The summed E-state index contributed by atoms with van der Waals surface area (Å²) in [6.45, 7) is 1.24. The van der Waals surface area contributed by atoms with Crippen LogP contribution in [-0.4, -0.2) is 57.2 Å². The fraction of sp³-hybridized carbons (Fsp3) is 0.391. The van der Waals surface area contributed by atoms with Crippen molar-refractivity contribution in [2.24, 2.45) is 5.92 Å². The van der Waals surface area contributed by atoms with Crippen molar-refractivity contribution in [2.45, 2.75) is 29.8 Å². The molecule has 4 rings (SSSR count). The Hall–Kier alpha value is -2.49. The predicted octanol–water partition coefficient (Wildman–Crippen LogP) is 2.99. The second-order valence-corrected chi connectivity index (χ2v) is 10.8. The van der Waals surface area contributed by atoms with Crippen molar-refractivity contribution in [3.05, 3.63) is 64.4 Å². The Bertz CT molecular complexity index is 1190. The number of nitrogens with one attached hydrogen (secondary N) is 1. The lowest BCUT2D eigenvalue weighted by molar-refractivity contribution is -0.128. The van der Waals surface area contributed by atoms with Crippen LogP contribution in [0.5, 0.6) is 0 Å². The fourth-order valence-corrected chi connectivity index (χ4v) is 4.97. The van der Waals surface area contributed by atoms with Crippen molar-refractivity contribution >= 4 is 33.3 Å². The Kier molecular flexibility index (Phi) is 6.74. The quantitative estimate of drug-likeness (QED) is 0.666. The van der Waals surface area contributed by atoms with E-state index in [9.17, 15) is 22.4 Å². The number of sulfone groups is 1. The molecule has 2 amide bonds. The Morgan fingerprint density at radius 2 is 1.97 bits per heavy atom. The van der Waals surface area contributed by atoms with E-state index in [1.54, 1.807) is 6.07 Å². The smallest absolute Gasteiger partial charge is 0.254 e. The van der Waals surface area contributed by atoms with E-state index < -0.39 is 33.6 Å². The molecule has 10 heteroatoms. The Balaban J connectivity index is 1.54. The highest BCUT2D eigenvalue weighted by Gasteiger charge is 2.38. The molecule has 2 saturated heterocycles. The van der Waals surface area contributed by atoms with E-state index in [2.05, 4.69) is 5.32 Å². The molecule has 2 atom stereocenters. The molecule has 2 heterocycles. The van der Waals surface area contributed by atoms with Crippen LogP contribution in [0.15, 0.2) is 47.4 Å². The third-order valence-electron chi connectivity index (χ3n) is 6.06. The van der Waals surface area contributed by atoms with Crippen molar-refractivity contribution in [3.63, 3.8) is 0 Å². The van der Waals surface area contributed by atoms with Crippen molar-refractivity contribution in [1.82, 2.24) is 10.2 Å². The zero-order chi connectivity index (χ0) is 23.8. The minimum absolute atomic E-state index is 0.00225. The van der Waals surface area contributed by atoms with Gasteiger partial charge in [0.05, 0.1) is 29.2 Å². The molecule has 176 valence electrons. The monoisotopic (exact) mass is 494 g/mol. The van der Waals surface area contributed by atoms with E-state index in [4.69, 9.17) is 16.3 Å². The summed E-state index contributed by atoms with van der Waals surface area (Å²) in [4.78, 5) is 27.9. The maximum Gasteiger partial charge on any atom is 0.254 e. The molecule has 1 N–H and O–H groups in total. The van der Waals surface area contributed by atoms with E-state index in [-0.39, 0.29) is 27.3 Å². The first-order chi connectivity index (χ1) is 15.6. The van der Waals surface area contributed by atoms with Crippen molar-refractivity contribution in [3.8, 4) is 0 Å². The highest BCUT2D eigenvalue weighted by Crippen LogP contribution is 2.31. The van der Waals surface area contributed by atoms with Gasteiger partial charge >= 0.3 is 0 Å². The summed E-state index contributed by atoms with van der Waals surface area (Å²) in [6, 6.07) is 9.04. The lowest BCUT2D eigenvalue weighted by Gasteiger charge is -2.36. The maximum absolute atomic E-state index is 14.1. The summed E-state index contributed by atoms with van der Waals surface area (Å²) < 4.78 is 43.1. The van der Waals surface area contributed by atoms with E-state index in [1.165, 1.54) is 41.3 Å². The summed E-state index contributed by atoms with van der Waals surface area (Å²) in [5.41, 5.74) is 0.789. The Labute approximate surface area is 196 Å². The number of halogens is 2. The average Bonchev–Trinajstić information content (AvgIpc) is 3.23. The molecule has 2 aromatic carbocycles. The van der Waals surface area contributed by atoms with Crippen LogP contribution >= 0.6 is 11.6 Å². The van der Waals surface area contributed by atoms with Gasteiger partial charge < -0.3 is 15.0 Å². The molecular weight excluding hydrogens is 471 g/mol. The fourth-order valence-electron chi connectivity index (χ4n) is 4.18. The minimum Gasteiger partial charge on any atom is -0.381 e. The van der Waals surface area contributed by atoms with Gasteiger partial charge in [0.2, 0.25) is 5.91 Å². The van der Waals surface area contributed by atoms with Crippen molar-refractivity contribution in [1.29, 1.82) is 0 Å². The van der Waals surface area contributed by atoms with Crippen molar-refractivity contribution < 1.29 is 27.1 Å². The van der Waals surface area contributed by atoms with Gasteiger partial charge in [0.1, 0.15) is 11.9 Å². The van der Waals surface area contributed by atoms with Gasteiger partial charge in [-0.2, -0.15) is 0 Å². The van der Waals surface area contributed by atoms with Crippen LogP contribution in [-0.2, 0) is 19.4 Å². The van der Waals surface area contributed by atoms with E-state index in [0.29, 0.717) is 38.2 Å². The zero-order valence-electron chi connectivity index (χ0n) is 18.0. The van der Waals surface area contributed by atoms with Crippen LogP contribution in [0.25, 0.3) is 0 Å². The van der Waals surface area contributed by atoms with E-state index >= 15 is 0 Å². The SMILES string of the molecule is CS(=O)(=O)c1cccc(C(=O)N2CCC[C@@H]2C(=O)NC(c2ccc(Cl)c(F)c2)C2COC2)c1. The molecule has 0 bridgehead atoms. The van der Waals surface area contributed by atoms with Crippen LogP contribution in [0.3, 0.4) is 0 Å². The predicted molar refractivity (Wildman–Crippen MR) is 120 cm³/mol.